The molecule has 2 heterocycles. The number of morpholine rings is 1. The number of nitrogens with one attached hydrogen (secondary N) is 1. The van der Waals surface area contributed by atoms with Gasteiger partial charge in [-0.3, -0.25) is 9.69 Å². The SMILES string of the molecule is C#CC#CC#CC#CC#CC(O)CN1CC(CCCCCCCCCC)OC(=O)C1Cc1c[nH]c2ccccc12. The number of β-amino-alcohol motifs (C(OH)–C–C–N with tert-alkyl or cyclic N) is 1. The first-order chi connectivity index (χ1) is 19.6. The van der Waals surface area contributed by atoms with Gasteiger partial charge in [0, 0.05) is 36.6 Å². The summed E-state index contributed by atoms with van der Waals surface area (Å²) in [5.41, 5.74) is 2.07. The van der Waals surface area contributed by atoms with E-state index in [0.717, 1.165) is 35.7 Å². The van der Waals surface area contributed by atoms with Crippen molar-refractivity contribution in [3.05, 3.63) is 36.0 Å². The quantitative estimate of drug-likeness (QED) is 0.219. The first-order valence-electron chi connectivity index (χ1n) is 14.3. The molecule has 3 unspecified atom stereocenters. The Morgan fingerprint density at radius 2 is 1.68 bits per heavy atom. The number of H-pyrrole nitrogens is 1. The molecule has 0 bridgehead atoms. The number of esters is 1. The van der Waals surface area contributed by atoms with Crippen LogP contribution in [0.25, 0.3) is 10.9 Å². The minimum atomic E-state index is -0.969. The molecule has 5 heteroatoms. The normalized spacial score (nSPS) is 17.0. The van der Waals surface area contributed by atoms with E-state index in [9.17, 15) is 9.90 Å². The summed E-state index contributed by atoms with van der Waals surface area (Å²) in [4.78, 5) is 18.5. The number of carbonyl (C=O) groups excluding carboxylic acids is 1. The molecule has 206 valence electrons. The van der Waals surface area contributed by atoms with Gasteiger partial charge in [0.15, 0.2) is 0 Å². The zero-order valence-corrected chi connectivity index (χ0v) is 23.4. The maximum absolute atomic E-state index is 13.2. The molecule has 0 amide bonds. The van der Waals surface area contributed by atoms with Crippen LogP contribution in [0, 0.1) is 59.7 Å². The standard InChI is InChI=1S/C35H38N2O3/c1-3-5-7-9-11-13-15-17-21-30(38)27-37-28-31(22-18-16-14-12-10-8-6-4-2)40-35(39)34(37)25-29-26-36-33-24-20-19-23-32(29)33/h1,19-20,23-24,26,30-31,34,36,38H,4,6,8,10,12,14,16,18,22,25,27-28H2,2H3. The fourth-order valence-electron chi connectivity index (χ4n) is 4.98. The lowest BCUT2D eigenvalue weighted by molar-refractivity contribution is -0.167. The van der Waals surface area contributed by atoms with Gasteiger partial charge in [0.25, 0.3) is 0 Å². The minimum Gasteiger partial charge on any atom is -0.460 e. The number of cyclic esters (lactones) is 1. The Hall–Kier alpha value is -4.05. The smallest absolute Gasteiger partial charge is 0.324 e. The summed E-state index contributed by atoms with van der Waals surface area (Å²) in [5, 5.41) is 11.8. The molecular weight excluding hydrogens is 496 g/mol. The Bertz CT molecular complexity index is 1400. The Morgan fingerprint density at radius 3 is 2.42 bits per heavy atom. The van der Waals surface area contributed by atoms with E-state index < -0.39 is 12.1 Å². The molecule has 1 aliphatic heterocycles. The third kappa shape index (κ3) is 10.3. The molecule has 0 radical (unpaired) electrons. The molecule has 2 aromatic rings. The Morgan fingerprint density at radius 1 is 1.00 bits per heavy atom. The molecule has 3 atom stereocenters. The zero-order chi connectivity index (χ0) is 28.4. The van der Waals surface area contributed by atoms with Gasteiger partial charge in [-0.15, -0.1) is 6.42 Å². The highest BCUT2D eigenvalue weighted by Gasteiger charge is 2.37. The average molecular weight is 535 g/mol. The summed E-state index contributed by atoms with van der Waals surface area (Å²) in [5.74, 6) is 22.4. The van der Waals surface area contributed by atoms with Crippen molar-refractivity contribution in [2.45, 2.75) is 89.4 Å². The Labute approximate surface area is 239 Å². The van der Waals surface area contributed by atoms with Crippen LogP contribution in [-0.4, -0.2) is 52.3 Å². The monoisotopic (exact) mass is 534 g/mol. The second kappa shape index (κ2) is 17.5. The lowest BCUT2D eigenvalue weighted by Crippen LogP contribution is -2.55. The van der Waals surface area contributed by atoms with Crippen LogP contribution in [0.1, 0.15) is 70.3 Å². The van der Waals surface area contributed by atoms with Gasteiger partial charge >= 0.3 is 5.97 Å². The fraction of sp³-hybridized carbons (Fsp3) is 0.457. The second-order valence-electron chi connectivity index (χ2n) is 10.0. The van der Waals surface area contributed by atoms with Crippen molar-refractivity contribution >= 4 is 16.9 Å². The largest absolute Gasteiger partial charge is 0.460 e. The Kier molecular flexibility index (Phi) is 13.4. The first-order valence-corrected chi connectivity index (χ1v) is 14.3. The number of hydrogen-bond donors (Lipinski definition) is 2. The molecule has 0 saturated carbocycles. The van der Waals surface area contributed by atoms with Crippen molar-refractivity contribution < 1.29 is 14.6 Å². The van der Waals surface area contributed by atoms with E-state index in [4.69, 9.17) is 11.2 Å². The molecule has 3 rings (SSSR count). The third-order valence-electron chi connectivity index (χ3n) is 7.00. The highest BCUT2D eigenvalue weighted by Crippen LogP contribution is 2.25. The number of benzene rings is 1. The highest BCUT2D eigenvalue weighted by atomic mass is 16.5. The van der Waals surface area contributed by atoms with Crippen molar-refractivity contribution in [1.82, 2.24) is 9.88 Å². The summed E-state index contributed by atoms with van der Waals surface area (Å²) in [6.07, 6.45) is 17.0. The first kappa shape index (κ1) is 30.5. The fourth-order valence-corrected chi connectivity index (χ4v) is 4.98. The highest BCUT2D eigenvalue weighted by molar-refractivity contribution is 5.84. The van der Waals surface area contributed by atoms with E-state index in [1.165, 1.54) is 38.5 Å². The van der Waals surface area contributed by atoms with Gasteiger partial charge in [-0.25, -0.2) is 0 Å². The van der Waals surface area contributed by atoms with Crippen LogP contribution in [0.15, 0.2) is 30.5 Å². The lowest BCUT2D eigenvalue weighted by Gasteiger charge is -2.39. The third-order valence-corrected chi connectivity index (χ3v) is 7.00. The summed E-state index contributed by atoms with van der Waals surface area (Å²) < 4.78 is 5.92. The van der Waals surface area contributed by atoms with Crippen molar-refractivity contribution in [3.8, 4) is 59.7 Å². The topological polar surface area (TPSA) is 65.6 Å². The van der Waals surface area contributed by atoms with Gasteiger partial charge in [-0.05, 0) is 71.8 Å². The van der Waals surface area contributed by atoms with Gasteiger partial charge in [0.05, 0.1) is 0 Å². The van der Waals surface area contributed by atoms with Crippen molar-refractivity contribution in [2.24, 2.45) is 0 Å². The van der Waals surface area contributed by atoms with Crippen LogP contribution in [0.3, 0.4) is 0 Å². The number of nitrogens with zero attached hydrogens (tertiary/aromatic N) is 1. The van der Waals surface area contributed by atoms with Gasteiger partial charge in [-0.1, -0.05) is 76.0 Å². The van der Waals surface area contributed by atoms with E-state index in [-0.39, 0.29) is 18.6 Å². The number of hydrogen-bond acceptors (Lipinski definition) is 4. The van der Waals surface area contributed by atoms with Gasteiger partial charge in [0.2, 0.25) is 0 Å². The van der Waals surface area contributed by atoms with Gasteiger partial charge in [0.1, 0.15) is 18.2 Å². The van der Waals surface area contributed by atoms with Crippen molar-refractivity contribution in [2.75, 3.05) is 13.1 Å². The van der Waals surface area contributed by atoms with Crippen LogP contribution >= 0.6 is 0 Å². The van der Waals surface area contributed by atoms with E-state index in [1.807, 2.05) is 35.4 Å². The molecular formula is C35H38N2O3. The van der Waals surface area contributed by atoms with Crippen LogP contribution in [0.4, 0.5) is 0 Å². The maximum Gasteiger partial charge on any atom is 0.324 e. The van der Waals surface area contributed by atoms with E-state index in [2.05, 4.69) is 65.2 Å². The van der Waals surface area contributed by atoms with Crippen LogP contribution in [0.5, 0.6) is 0 Å². The van der Waals surface area contributed by atoms with Crippen LogP contribution in [-0.2, 0) is 16.0 Å². The number of fused-ring (bicyclic) bond motifs is 1. The number of aliphatic hydroxyl groups excluding tert-OH is 1. The molecule has 1 aromatic carbocycles. The molecule has 0 spiro atoms. The number of aromatic nitrogens is 1. The summed E-state index contributed by atoms with van der Waals surface area (Å²) in [6.45, 7) is 3.03. The zero-order valence-electron chi connectivity index (χ0n) is 23.4. The molecule has 5 nitrogen and oxygen atoms in total. The van der Waals surface area contributed by atoms with Crippen molar-refractivity contribution in [3.63, 3.8) is 0 Å². The second-order valence-corrected chi connectivity index (χ2v) is 10.0. The van der Waals surface area contributed by atoms with E-state index >= 15 is 0 Å². The molecule has 2 N–H and O–H groups in total. The summed E-state index contributed by atoms with van der Waals surface area (Å²) in [7, 11) is 0. The van der Waals surface area contributed by atoms with Gasteiger partial charge in [-0.2, -0.15) is 0 Å². The predicted octanol–water partition coefficient (Wildman–Crippen LogP) is 4.84. The van der Waals surface area contributed by atoms with Crippen LogP contribution < -0.4 is 0 Å². The number of terminal acetylenes is 1. The van der Waals surface area contributed by atoms with Crippen molar-refractivity contribution in [1.29, 1.82) is 0 Å². The molecule has 0 aliphatic carbocycles. The van der Waals surface area contributed by atoms with Crippen LogP contribution in [0.2, 0.25) is 0 Å². The molecule has 1 saturated heterocycles. The predicted molar refractivity (Wildman–Crippen MR) is 160 cm³/mol. The van der Waals surface area contributed by atoms with E-state index in [0.29, 0.717) is 13.0 Å². The molecule has 1 aliphatic rings. The number of aliphatic hydroxyl groups is 1. The van der Waals surface area contributed by atoms with Gasteiger partial charge < -0.3 is 14.8 Å². The number of ether oxygens (including phenoxy) is 1. The molecule has 40 heavy (non-hydrogen) atoms. The summed E-state index contributed by atoms with van der Waals surface area (Å²) in [6, 6.07) is 7.53. The molecule has 1 aromatic heterocycles. The number of aromatic amines is 1. The minimum absolute atomic E-state index is 0.189. The molecule has 1 fully saturated rings. The Balaban J connectivity index is 1.63. The maximum atomic E-state index is 13.2. The number of para-hydroxylation sites is 1. The summed E-state index contributed by atoms with van der Waals surface area (Å²) >= 11 is 0. The number of carbonyl (C=O) groups is 1. The lowest BCUT2D eigenvalue weighted by atomic mass is 9.99. The average Bonchev–Trinajstić information content (AvgIpc) is 3.36. The number of unbranched alkanes of at least 4 members (excludes halogenated alkanes) is 7. The van der Waals surface area contributed by atoms with E-state index in [1.54, 1.807) is 0 Å². The number of rotatable bonds is 13.